The molecule has 0 spiro atoms. The Balaban J connectivity index is 2.01. The van der Waals surface area contributed by atoms with Gasteiger partial charge in [0.25, 0.3) is 0 Å². The molecule has 0 aromatic heterocycles. The zero-order chi connectivity index (χ0) is 15.1. The highest BCUT2D eigenvalue weighted by atomic mass is 16.5. The second-order valence-corrected chi connectivity index (χ2v) is 5.48. The van der Waals surface area contributed by atoms with Crippen molar-refractivity contribution >= 4 is 0 Å². The molecule has 0 aliphatic rings. The molecule has 112 valence electrons. The molecule has 2 nitrogen and oxygen atoms in total. The molecule has 0 saturated carbocycles. The van der Waals surface area contributed by atoms with Gasteiger partial charge in [-0.3, -0.25) is 0 Å². The molecule has 0 fully saturated rings. The molecular weight excluding hydrogens is 259 g/mol. The third-order valence-electron chi connectivity index (χ3n) is 3.66. The number of phenolic OH excluding ortho intramolecular Hbond substituents is 1. The molecule has 0 aliphatic heterocycles. The Hall–Kier alpha value is -1.96. The van der Waals surface area contributed by atoms with E-state index in [-0.39, 0.29) is 5.75 Å². The fourth-order valence-corrected chi connectivity index (χ4v) is 2.35. The van der Waals surface area contributed by atoms with Gasteiger partial charge in [0.05, 0.1) is 0 Å². The molecule has 2 heteroatoms. The molecule has 0 unspecified atom stereocenters. The van der Waals surface area contributed by atoms with Crippen molar-refractivity contribution < 1.29 is 9.84 Å². The molecule has 2 rings (SSSR count). The zero-order valence-corrected chi connectivity index (χ0v) is 12.9. The lowest BCUT2D eigenvalue weighted by atomic mass is 10.0. The summed E-state index contributed by atoms with van der Waals surface area (Å²) in [6, 6.07) is 13.5. The Morgan fingerprint density at radius 1 is 0.952 bits per heavy atom. The van der Waals surface area contributed by atoms with E-state index in [2.05, 4.69) is 6.92 Å². The van der Waals surface area contributed by atoms with Crippen LogP contribution in [-0.4, -0.2) is 5.11 Å². The van der Waals surface area contributed by atoms with Gasteiger partial charge in [0.15, 0.2) is 11.5 Å². The first-order valence-corrected chi connectivity index (χ1v) is 7.76. The summed E-state index contributed by atoms with van der Waals surface area (Å²) in [4.78, 5) is 0. The third kappa shape index (κ3) is 4.52. The molecule has 0 radical (unpaired) electrons. The predicted molar refractivity (Wildman–Crippen MR) is 87.2 cm³/mol. The normalized spacial score (nSPS) is 10.6. The summed E-state index contributed by atoms with van der Waals surface area (Å²) in [7, 11) is 0. The maximum absolute atomic E-state index is 10.1. The van der Waals surface area contributed by atoms with E-state index in [1.807, 2.05) is 49.4 Å². The van der Waals surface area contributed by atoms with Crippen LogP contribution in [0.3, 0.4) is 0 Å². The highest BCUT2D eigenvalue weighted by Gasteiger charge is 2.07. The summed E-state index contributed by atoms with van der Waals surface area (Å²) >= 11 is 0. The number of benzene rings is 2. The fourth-order valence-electron chi connectivity index (χ4n) is 2.35. The maximum Gasteiger partial charge on any atom is 0.169 e. The summed E-state index contributed by atoms with van der Waals surface area (Å²) in [6.45, 7) is 4.21. The average molecular weight is 283 g/mol. The molecule has 0 atom stereocenters. The van der Waals surface area contributed by atoms with E-state index in [1.54, 1.807) is 0 Å². The smallest absolute Gasteiger partial charge is 0.169 e. The highest BCUT2D eigenvalue weighted by Crippen LogP contribution is 2.33. The Bertz CT molecular complexity index is 576. The predicted octanol–water partition coefficient (Wildman–Crippen LogP) is 5.62. The first-order valence-electron chi connectivity index (χ1n) is 7.76. The molecule has 0 amide bonds. The molecule has 0 bridgehead atoms. The van der Waals surface area contributed by atoms with Gasteiger partial charge in [-0.2, -0.15) is 0 Å². The Morgan fingerprint density at radius 3 is 2.48 bits per heavy atom. The van der Waals surface area contributed by atoms with Crippen molar-refractivity contribution in [2.75, 3.05) is 0 Å². The van der Waals surface area contributed by atoms with Gasteiger partial charge in [-0.05, 0) is 49.1 Å². The summed E-state index contributed by atoms with van der Waals surface area (Å²) < 4.78 is 5.79. The lowest BCUT2D eigenvalue weighted by molar-refractivity contribution is 0.409. The fraction of sp³-hybridized carbons (Fsp3) is 0.368. The first kappa shape index (κ1) is 15.4. The molecule has 21 heavy (non-hydrogen) atoms. The van der Waals surface area contributed by atoms with Crippen molar-refractivity contribution in [1.82, 2.24) is 0 Å². The van der Waals surface area contributed by atoms with Gasteiger partial charge in [0.2, 0.25) is 0 Å². The zero-order valence-electron chi connectivity index (χ0n) is 12.9. The summed E-state index contributed by atoms with van der Waals surface area (Å²) in [6.07, 6.45) is 5.96. The number of hydrogen-bond acceptors (Lipinski definition) is 2. The third-order valence-corrected chi connectivity index (χ3v) is 3.66. The lowest BCUT2D eigenvalue weighted by Gasteiger charge is -2.11. The van der Waals surface area contributed by atoms with Gasteiger partial charge in [-0.1, -0.05) is 50.5 Å². The standard InChI is InChI=1S/C19H24O2/c1-3-4-5-6-10-16-12-13-19(17(20)14-16)21-18-11-8-7-9-15(18)2/h7-9,11-14,20H,3-6,10H2,1-2H3/i2-1. The van der Waals surface area contributed by atoms with Crippen LogP contribution in [0.25, 0.3) is 0 Å². The Labute approximate surface area is 127 Å². The second kappa shape index (κ2) is 7.72. The summed E-state index contributed by atoms with van der Waals surface area (Å²) in [5.74, 6) is 1.51. The van der Waals surface area contributed by atoms with Crippen molar-refractivity contribution in [3.05, 3.63) is 53.6 Å². The number of phenols is 1. The molecule has 2 aromatic rings. The van der Waals surface area contributed by atoms with Crippen LogP contribution >= 0.6 is 0 Å². The number of hydrogen-bond donors (Lipinski definition) is 1. The van der Waals surface area contributed by atoms with Crippen molar-refractivity contribution in [1.29, 1.82) is 0 Å². The largest absolute Gasteiger partial charge is 0.504 e. The van der Waals surface area contributed by atoms with Crippen LogP contribution in [0.4, 0.5) is 0 Å². The quantitative estimate of drug-likeness (QED) is 0.669. The minimum Gasteiger partial charge on any atom is -0.504 e. The van der Waals surface area contributed by atoms with Crippen LogP contribution in [0, 0.1) is 6.92 Å². The van der Waals surface area contributed by atoms with Crippen LogP contribution in [-0.2, 0) is 6.42 Å². The molecule has 0 saturated heterocycles. The number of rotatable bonds is 7. The Morgan fingerprint density at radius 2 is 1.76 bits per heavy atom. The van der Waals surface area contributed by atoms with Crippen LogP contribution in [0.2, 0.25) is 0 Å². The topological polar surface area (TPSA) is 29.5 Å². The van der Waals surface area contributed by atoms with Crippen LogP contribution < -0.4 is 4.74 Å². The number of aryl methyl sites for hydroxylation is 2. The van der Waals surface area contributed by atoms with Crippen molar-refractivity contribution in [3.8, 4) is 17.2 Å². The van der Waals surface area contributed by atoms with E-state index in [0.717, 1.165) is 17.7 Å². The van der Waals surface area contributed by atoms with Gasteiger partial charge in [-0.25, -0.2) is 0 Å². The van der Waals surface area contributed by atoms with E-state index in [4.69, 9.17) is 4.74 Å². The van der Waals surface area contributed by atoms with Crippen molar-refractivity contribution in [2.24, 2.45) is 0 Å². The molecule has 2 aromatic carbocycles. The second-order valence-electron chi connectivity index (χ2n) is 5.48. The van der Waals surface area contributed by atoms with E-state index < -0.39 is 0 Å². The molecular formula is C19H24O2. The summed E-state index contributed by atoms with van der Waals surface area (Å²) in [5.41, 5.74) is 2.22. The minimum absolute atomic E-state index is 0.214. The van der Waals surface area contributed by atoms with E-state index >= 15 is 0 Å². The number of ether oxygens (including phenoxy) is 1. The van der Waals surface area contributed by atoms with E-state index in [1.165, 1.54) is 31.2 Å². The van der Waals surface area contributed by atoms with Gasteiger partial charge in [0.1, 0.15) is 5.75 Å². The average Bonchev–Trinajstić information content (AvgIpc) is 2.48. The van der Waals surface area contributed by atoms with Gasteiger partial charge in [-0.15, -0.1) is 0 Å². The van der Waals surface area contributed by atoms with E-state index in [9.17, 15) is 5.11 Å². The van der Waals surface area contributed by atoms with Crippen LogP contribution in [0.5, 0.6) is 17.2 Å². The molecule has 0 aliphatic carbocycles. The van der Waals surface area contributed by atoms with Gasteiger partial charge in [0, 0.05) is 0 Å². The highest BCUT2D eigenvalue weighted by molar-refractivity contribution is 5.45. The number of para-hydroxylation sites is 1. The van der Waals surface area contributed by atoms with Gasteiger partial charge < -0.3 is 9.84 Å². The number of unbranched alkanes of at least 4 members (excludes halogenated alkanes) is 3. The molecule has 0 heterocycles. The monoisotopic (exact) mass is 283 g/mol. The van der Waals surface area contributed by atoms with Crippen LogP contribution in [0.15, 0.2) is 42.5 Å². The lowest BCUT2D eigenvalue weighted by Crippen LogP contribution is -1.90. The molecule has 1 N–H and O–H groups in total. The van der Waals surface area contributed by atoms with E-state index in [0.29, 0.717) is 5.75 Å². The van der Waals surface area contributed by atoms with Crippen LogP contribution in [0.1, 0.15) is 43.7 Å². The van der Waals surface area contributed by atoms with Crippen molar-refractivity contribution in [3.63, 3.8) is 0 Å². The van der Waals surface area contributed by atoms with Crippen molar-refractivity contribution in [2.45, 2.75) is 46.0 Å². The minimum atomic E-state index is 0.214. The maximum atomic E-state index is 10.1. The van der Waals surface area contributed by atoms with Gasteiger partial charge >= 0.3 is 0 Å². The summed E-state index contributed by atoms with van der Waals surface area (Å²) in [5, 5.41) is 10.1. The first-order chi connectivity index (χ1) is 10.2. The SMILES string of the molecule is CCCCCCc1ccc(Oc2ccccc2[11CH3])c(O)c1. The Kier molecular flexibility index (Phi) is 5.68. The number of aromatic hydroxyl groups is 1.